The van der Waals surface area contributed by atoms with Gasteiger partial charge in [-0.1, -0.05) is 83.9 Å². The number of hydrogen-bond acceptors (Lipinski definition) is 6. The van der Waals surface area contributed by atoms with Crippen LogP contribution in [0.5, 0.6) is 0 Å². The Bertz CT molecular complexity index is 1610. The normalized spacial score (nSPS) is 10.8. The smallest absolute Gasteiger partial charge is 0.269 e. The van der Waals surface area contributed by atoms with E-state index in [9.17, 15) is 9.59 Å². The molecule has 9 heteroatoms. The summed E-state index contributed by atoms with van der Waals surface area (Å²) in [5.74, 6) is -0.403. The van der Waals surface area contributed by atoms with E-state index in [1.54, 1.807) is 12.1 Å². The molecular weight excluding hydrogens is 548 g/mol. The number of hydrogen-bond donors (Lipinski definition) is 2. The van der Waals surface area contributed by atoms with Crippen molar-refractivity contribution in [2.45, 2.75) is 26.8 Å². The highest BCUT2D eigenvalue weighted by atomic mass is 35.5. The summed E-state index contributed by atoms with van der Waals surface area (Å²) >= 11 is 8.61. The number of benzene rings is 3. The van der Waals surface area contributed by atoms with Crippen molar-refractivity contribution in [2.75, 3.05) is 5.32 Å². The van der Waals surface area contributed by atoms with E-state index in [1.807, 2.05) is 80.6 Å². The number of nitrogens with zero attached hydrogens (tertiary/aromatic N) is 2. The molecule has 5 rings (SSSR count). The first-order valence-corrected chi connectivity index (χ1v) is 14.3. The van der Waals surface area contributed by atoms with Crippen LogP contribution in [0.25, 0.3) is 21.8 Å². The molecule has 0 radical (unpaired) electrons. The molecule has 0 bridgehead atoms. The third-order valence-corrected chi connectivity index (χ3v) is 8.42. The quantitative estimate of drug-likeness (QED) is 0.204. The lowest BCUT2D eigenvalue weighted by Crippen LogP contribution is -2.24. The number of halogens is 1. The second kappa shape index (κ2) is 11.9. The standard InChI is InChI=1S/C30H25ClN4O2S2/c1-18-8-12-22(13-9-18)29-33-19(2)27(39-29)28(37)35-30-34-26(21-6-4-3-5-7-21)24(38-30)16-25(36)32-17-20-10-14-23(31)15-11-20/h3-15H,16-17H2,1-2H3,(H,32,36)(H,34,35,37). The van der Waals surface area contributed by atoms with Crippen molar-refractivity contribution < 1.29 is 9.59 Å². The zero-order valence-electron chi connectivity index (χ0n) is 21.3. The molecule has 2 heterocycles. The molecule has 39 heavy (non-hydrogen) atoms. The van der Waals surface area contributed by atoms with Gasteiger partial charge in [-0.15, -0.1) is 22.7 Å². The van der Waals surface area contributed by atoms with Crippen LogP contribution in [0.1, 0.15) is 31.4 Å². The summed E-state index contributed by atoms with van der Waals surface area (Å²) < 4.78 is 0. The Morgan fingerprint density at radius 3 is 2.28 bits per heavy atom. The van der Waals surface area contributed by atoms with E-state index in [0.717, 1.165) is 32.1 Å². The molecule has 196 valence electrons. The van der Waals surface area contributed by atoms with Crippen LogP contribution in [-0.4, -0.2) is 21.8 Å². The summed E-state index contributed by atoms with van der Waals surface area (Å²) in [6.45, 7) is 4.26. The molecule has 0 saturated heterocycles. The first-order valence-electron chi connectivity index (χ1n) is 12.3. The number of aryl methyl sites for hydroxylation is 2. The minimum absolute atomic E-state index is 0.135. The third kappa shape index (κ3) is 6.60. The van der Waals surface area contributed by atoms with Gasteiger partial charge < -0.3 is 5.32 Å². The van der Waals surface area contributed by atoms with Gasteiger partial charge in [0, 0.05) is 27.6 Å². The zero-order chi connectivity index (χ0) is 27.4. The molecule has 0 unspecified atom stereocenters. The molecule has 0 aliphatic carbocycles. The maximum atomic E-state index is 13.2. The van der Waals surface area contributed by atoms with Gasteiger partial charge in [0.15, 0.2) is 5.13 Å². The third-order valence-electron chi connectivity index (χ3n) is 5.99. The predicted octanol–water partition coefficient (Wildman–Crippen LogP) is 7.32. The molecule has 0 atom stereocenters. The fourth-order valence-electron chi connectivity index (χ4n) is 3.94. The Morgan fingerprint density at radius 1 is 0.846 bits per heavy atom. The zero-order valence-corrected chi connectivity index (χ0v) is 23.7. The highest BCUT2D eigenvalue weighted by Gasteiger charge is 2.21. The monoisotopic (exact) mass is 572 g/mol. The van der Waals surface area contributed by atoms with Crippen molar-refractivity contribution in [3.63, 3.8) is 0 Å². The van der Waals surface area contributed by atoms with Gasteiger partial charge in [-0.05, 0) is 31.5 Å². The lowest BCUT2D eigenvalue weighted by molar-refractivity contribution is -0.120. The lowest BCUT2D eigenvalue weighted by atomic mass is 10.1. The summed E-state index contributed by atoms with van der Waals surface area (Å²) in [7, 11) is 0. The number of rotatable bonds is 8. The fourth-order valence-corrected chi connectivity index (χ4v) is 6.01. The average molecular weight is 573 g/mol. The Hall–Kier alpha value is -3.85. The molecule has 5 aromatic rings. The lowest BCUT2D eigenvalue weighted by Gasteiger charge is -2.06. The van der Waals surface area contributed by atoms with Gasteiger partial charge in [0.1, 0.15) is 9.88 Å². The molecule has 2 aromatic heterocycles. The van der Waals surface area contributed by atoms with Gasteiger partial charge in [-0.25, -0.2) is 9.97 Å². The van der Waals surface area contributed by atoms with E-state index >= 15 is 0 Å². The van der Waals surface area contributed by atoms with Crippen molar-refractivity contribution in [1.29, 1.82) is 0 Å². The molecule has 2 N–H and O–H groups in total. The summed E-state index contributed by atoms with van der Waals surface area (Å²) in [6.07, 6.45) is 0.141. The van der Waals surface area contributed by atoms with Crippen molar-refractivity contribution in [3.8, 4) is 21.8 Å². The van der Waals surface area contributed by atoms with Gasteiger partial charge >= 0.3 is 0 Å². The van der Waals surface area contributed by atoms with Gasteiger partial charge in [0.25, 0.3) is 5.91 Å². The Kier molecular flexibility index (Phi) is 8.16. The van der Waals surface area contributed by atoms with E-state index in [1.165, 1.54) is 22.7 Å². The van der Waals surface area contributed by atoms with Crippen LogP contribution in [0.4, 0.5) is 5.13 Å². The largest absolute Gasteiger partial charge is 0.352 e. The molecule has 0 spiro atoms. The number of carbonyl (C=O) groups excluding carboxylic acids is 2. The molecule has 0 aliphatic heterocycles. The van der Waals surface area contributed by atoms with Crippen LogP contribution in [0.3, 0.4) is 0 Å². The Labute approximate surface area is 239 Å². The molecule has 0 aliphatic rings. The van der Waals surface area contributed by atoms with Crippen LogP contribution < -0.4 is 10.6 Å². The number of thiazole rings is 2. The van der Waals surface area contributed by atoms with Crippen LogP contribution in [0, 0.1) is 13.8 Å². The number of anilines is 1. The Balaban J connectivity index is 1.34. The van der Waals surface area contributed by atoms with Crippen molar-refractivity contribution >= 4 is 51.2 Å². The van der Waals surface area contributed by atoms with E-state index in [2.05, 4.69) is 15.6 Å². The predicted molar refractivity (Wildman–Crippen MR) is 160 cm³/mol. The summed E-state index contributed by atoms with van der Waals surface area (Å²) in [4.78, 5) is 36.7. The number of aromatic nitrogens is 2. The number of carbonyl (C=O) groups is 2. The van der Waals surface area contributed by atoms with E-state index in [0.29, 0.717) is 33.0 Å². The van der Waals surface area contributed by atoms with Crippen molar-refractivity contribution in [1.82, 2.24) is 15.3 Å². The molecule has 0 saturated carbocycles. The van der Waals surface area contributed by atoms with E-state index < -0.39 is 0 Å². The highest BCUT2D eigenvalue weighted by molar-refractivity contribution is 7.18. The van der Waals surface area contributed by atoms with Gasteiger partial charge in [0.05, 0.1) is 17.8 Å². The fraction of sp³-hybridized carbons (Fsp3) is 0.133. The highest BCUT2D eigenvalue weighted by Crippen LogP contribution is 2.33. The molecule has 6 nitrogen and oxygen atoms in total. The molecule has 3 aromatic carbocycles. The summed E-state index contributed by atoms with van der Waals surface area (Å²) in [6, 6.07) is 25.1. The van der Waals surface area contributed by atoms with Crippen molar-refractivity contribution in [3.05, 3.63) is 110 Å². The van der Waals surface area contributed by atoms with Crippen LogP contribution in [0.2, 0.25) is 5.02 Å². The second-order valence-electron chi connectivity index (χ2n) is 8.99. The van der Waals surface area contributed by atoms with Crippen molar-refractivity contribution in [2.24, 2.45) is 0 Å². The minimum Gasteiger partial charge on any atom is -0.352 e. The first-order chi connectivity index (χ1) is 18.9. The van der Waals surface area contributed by atoms with Crippen LogP contribution in [0.15, 0.2) is 78.9 Å². The van der Waals surface area contributed by atoms with E-state index in [4.69, 9.17) is 16.6 Å². The van der Waals surface area contributed by atoms with Gasteiger partial charge in [-0.3, -0.25) is 14.9 Å². The maximum absolute atomic E-state index is 13.2. The van der Waals surface area contributed by atoms with Crippen LogP contribution >= 0.6 is 34.3 Å². The number of amides is 2. The summed E-state index contributed by atoms with van der Waals surface area (Å²) in [5.41, 5.74) is 5.31. The molecule has 2 amide bonds. The molecular formula is C30H25ClN4O2S2. The van der Waals surface area contributed by atoms with Crippen LogP contribution in [-0.2, 0) is 17.8 Å². The first kappa shape index (κ1) is 26.7. The van der Waals surface area contributed by atoms with E-state index in [-0.39, 0.29) is 18.2 Å². The van der Waals surface area contributed by atoms with Gasteiger partial charge in [0.2, 0.25) is 5.91 Å². The topological polar surface area (TPSA) is 84.0 Å². The number of nitrogens with one attached hydrogen (secondary N) is 2. The maximum Gasteiger partial charge on any atom is 0.269 e. The molecule has 0 fully saturated rings. The van der Waals surface area contributed by atoms with Gasteiger partial charge in [-0.2, -0.15) is 0 Å². The summed E-state index contributed by atoms with van der Waals surface area (Å²) in [5, 5.41) is 7.76. The average Bonchev–Trinajstić information content (AvgIpc) is 3.52. The second-order valence-corrected chi connectivity index (χ2v) is 11.5. The Morgan fingerprint density at radius 2 is 1.56 bits per heavy atom. The SMILES string of the molecule is Cc1ccc(-c2nc(C)c(C(=O)Nc3nc(-c4ccccc4)c(CC(=O)NCc4ccc(Cl)cc4)s3)s2)cc1. The minimum atomic E-state index is -0.268.